The van der Waals surface area contributed by atoms with E-state index >= 15 is 0 Å². The highest BCUT2D eigenvalue weighted by molar-refractivity contribution is 5.99. The van der Waals surface area contributed by atoms with Crippen LogP contribution in [0.25, 0.3) is 0 Å². The number of nitrogens with one attached hydrogen (secondary N) is 2. The van der Waals surface area contributed by atoms with Gasteiger partial charge in [-0.25, -0.2) is 9.48 Å². The molecular formula is C23H34N8O5. The molecule has 0 aliphatic carbocycles. The zero-order chi connectivity index (χ0) is 26.4. The molecule has 196 valence electrons. The van der Waals surface area contributed by atoms with Gasteiger partial charge in [-0.2, -0.15) is 0 Å². The van der Waals surface area contributed by atoms with Gasteiger partial charge in [0.05, 0.1) is 24.8 Å². The van der Waals surface area contributed by atoms with Crippen LogP contribution in [0.5, 0.6) is 5.75 Å². The number of rotatable bonds is 8. The van der Waals surface area contributed by atoms with Crippen LogP contribution in [0.1, 0.15) is 38.1 Å². The standard InChI is InChI=1S/C23H34N8O5/c1-14(2)25-23(35)29(5)10-20-15(3)9-31(16(4)12-32)22(34)18-8-17(6-7-19(18)36-20)26-21(33)11-30-13-24-27-28-30/h6-8,13-16,20,32H,9-12H2,1-5H3,(H,25,35)(H,26,33)/t15-,16-,20+/m1/s1. The Hall–Kier alpha value is -3.74. The Bertz CT molecular complexity index is 1060. The Kier molecular flexibility index (Phi) is 8.80. The van der Waals surface area contributed by atoms with Crippen molar-refractivity contribution in [2.24, 2.45) is 5.92 Å². The number of anilines is 1. The number of fused-ring (bicyclic) bond motifs is 1. The number of carbonyl (C=O) groups is 3. The number of hydrogen-bond acceptors (Lipinski definition) is 8. The van der Waals surface area contributed by atoms with Gasteiger partial charge in [-0.15, -0.1) is 5.10 Å². The quantitative estimate of drug-likeness (QED) is 0.474. The molecule has 0 bridgehead atoms. The van der Waals surface area contributed by atoms with E-state index in [-0.39, 0.29) is 48.5 Å². The SMILES string of the molecule is CC(C)NC(=O)N(C)C[C@@H]1Oc2ccc(NC(=O)Cn3cnnn3)cc2C(=O)N([C@H](C)CO)C[C@H]1C. The summed E-state index contributed by atoms with van der Waals surface area (Å²) in [7, 11) is 1.69. The number of ether oxygens (including phenoxy) is 1. The summed E-state index contributed by atoms with van der Waals surface area (Å²) >= 11 is 0. The predicted octanol–water partition coefficient (Wildman–Crippen LogP) is 0.582. The van der Waals surface area contributed by atoms with Crippen LogP contribution in [0.15, 0.2) is 24.5 Å². The van der Waals surface area contributed by atoms with Gasteiger partial charge in [-0.05, 0) is 49.4 Å². The highest BCUT2D eigenvalue weighted by Gasteiger charge is 2.34. The second kappa shape index (κ2) is 11.8. The first-order chi connectivity index (χ1) is 17.1. The number of benzene rings is 1. The van der Waals surface area contributed by atoms with Crippen LogP contribution >= 0.6 is 0 Å². The lowest BCUT2D eigenvalue weighted by Crippen LogP contribution is -2.51. The third-order valence-electron chi connectivity index (χ3n) is 5.86. The van der Waals surface area contributed by atoms with Crippen molar-refractivity contribution in [2.45, 2.75) is 52.4 Å². The third-order valence-corrected chi connectivity index (χ3v) is 5.86. The minimum absolute atomic E-state index is 0.00989. The third kappa shape index (κ3) is 6.68. The van der Waals surface area contributed by atoms with E-state index < -0.39 is 12.1 Å². The lowest BCUT2D eigenvalue weighted by molar-refractivity contribution is -0.116. The van der Waals surface area contributed by atoms with E-state index in [4.69, 9.17) is 4.74 Å². The number of aromatic nitrogens is 4. The molecule has 0 spiro atoms. The Morgan fingerprint density at radius 2 is 2.06 bits per heavy atom. The topological polar surface area (TPSA) is 155 Å². The average Bonchev–Trinajstić information content (AvgIpc) is 3.33. The summed E-state index contributed by atoms with van der Waals surface area (Å²) < 4.78 is 7.55. The van der Waals surface area contributed by atoms with E-state index in [0.29, 0.717) is 24.5 Å². The summed E-state index contributed by atoms with van der Waals surface area (Å²) in [6.45, 7) is 7.79. The molecule has 2 heterocycles. The highest BCUT2D eigenvalue weighted by Crippen LogP contribution is 2.30. The molecule has 4 amide bonds. The van der Waals surface area contributed by atoms with Crippen molar-refractivity contribution >= 4 is 23.5 Å². The molecule has 0 unspecified atom stereocenters. The molecule has 1 aromatic heterocycles. The van der Waals surface area contributed by atoms with E-state index in [9.17, 15) is 19.5 Å². The van der Waals surface area contributed by atoms with E-state index in [0.717, 1.165) is 0 Å². The van der Waals surface area contributed by atoms with E-state index in [1.54, 1.807) is 42.0 Å². The minimum atomic E-state index is -0.438. The summed E-state index contributed by atoms with van der Waals surface area (Å²) in [5.74, 6) is -0.491. The predicted molar refractivity (Wildman–Crippen MR) is 130 cm³/mol. The maximum atomic E-state index is 13.5. The highest BCUT2D eigenvalue weighted by atomic mass is 16.5. The number of tetrazole rings is 1. The molecule has 3 rings (SSSR count). The second-order valence-corrected chi connectivity index (χ2v) is 9.37. The summed E-state index contributed by atoms with van der Waals surface area (Å²) in [6, 6.07) is 4.15. The second-order valence-electron chi connectivity index (χ2n) is 9.37. The van der Waals surface area contributed by atoms with Crippen molar-refractivity contribution in [3.63, 3.8) is 0 Å². The van der Waals surface area contributed by atoms with Gasteiger partial charge in [0.25, 0.3) is 5.91 Å². The van der Waals surface area contributed by atoms with Crippen LogP contribution in [-0.4, -0.2) is 97.9 Å². The molecule has 1 aliphatic heterocycles. The fourth-order valence-electron chi connectivity index (χ4n) is 3.83. The fraction of sp³-hybridized carbons (Fsp3) is 0.565. The maximum absolute atomic E-state index is 13.5. The Morgan fingerprint density at radius 3 is 2.69 bits per heavy atom. The van der Waals surface area contributed by atoms with Crippen LogP contribution < -0.4 is 15.4 Å². The lowest BCUT2D eigenvalue weighted by atomic mass is 9.99. The molecule has 36 heavy (non-hydrogen) atoms. The number of nitrogens with zero attached hydrogens (tertiary/aromatic N) is 6. The number of hydrogen-bond donors (Lipinski definition) is 3. The number of amides is 4. The van der Waals surface area contributed by atoms with Gasteiger partial charge in [-0.1, -0.05) is 6.92 Å². The van der Waals surface area contributed by atoms with Crippen molar-refractivity contribution in [3.05, 3.63) is 30.1 Å². The summed E-state index contributed by atoms with van der Waals surface area (Å²) in [5.41, 5.74) is 0.653. The molecular weight excluding hydrogens is 468 g/mol. The van der Waals surface area contributed by atoms with Gasteiger partial charge in [0, 0.05) is 31.2 Å². The van der Waals surface area contributed by atoms with E-state index in [1.165, 1.54) is 11.0 Å². The van der Waals surface area contributed by atoms with Crippen molar-refractivity contribution in [1.29, 1.82) is 0 Å². The van der Waals surface area contributed by atoms with Crippen LogP contribution in [0, 0.1) is 5.92 Å². The molecule has 1 aliphatic rings. The Labute approximate surface area is 209 Å². The molecule has 0 fully saturated rings. The molecule has 13 nitrogen and oxygen atoms in total. The first-order valence-electron chi connectivity index (χ1n) is 11.8. The van der Waals surface area contributed by atoms with Crippen LogP contribution in [0.3, 0.4) is 0 Å². The van der Waals surface area contributed by atoms with Crippen LogP contribution in [-0.2, 0) is 11.3 Å². The summed E-state index contributed by atoms with van der Waals surface area (Å²) in [4.78, 5) is 41.5. The lowest BCUT2D eigenvalue weighted by Gasteiger charge is -2.38. The minimum Gasteiger partial charge on any atom is -0.487 e. The fourth-order valence-corrected chi connectivity index (χ4v) is 3.83. The summed E-state index contributed by atoms with van der Waals surface area (Å²) in [5, 5.41) is 26.1. The monoisotopic (exact) mass is 502 g/mol. The number of carbonyl (C=O) groups excluding carboxylic acids is 3. The van der Waals surface area contributed by atoms with Crippen molar-refractivity contribution in [1.82, 2.24) is 35.3 Å². The van der Waals surface area contributed by atoms with E-state index in [2.05, 4.69) is 26.2 Å². The molecule has 1 aromatic carbocycles. The average molecular weight is 503 g/mol. The van der Waals surface area contributed by atoms with Crippen LogP contribution in [0.4, 0.5) is 10.5 Å². The normalized spacial score (nSPS) is 18.5. The zero-order valence-electron chi connectivity index (χ0n) is 21.2. The van der Waals surface area contributed by atoms with Crippen molar-refractivity contribution < 1.29 is 24.2 Å². The molecule has 0 saturated heterocycles. The molecule has 13 heteroatoms. The smallest absolute Gasteiger partial charge is 0.317 e. The Balaban J connectivity index is 1.87. The number of aliphatic hydroxyl groups excluding tert-OH is 1. The zero-order valence-corrected chi connectivity index (χ0v) is 21.2. The largest absolute Gasteiger partial charge is 0.487 e. The van der Waals surface area contributed by atoms with Gasteiger partial charge in [0.2, 0.25) is 5.91 Å². The van der Waals surface area contributed by atoms with Crippen LogP contribution in [0.2, 0.25) is 0 Å². The number of aliphatic hydroxyl groups is 1. The van der Waals surface area contributed by atoms with Gasteiger partial charge in [0.1, 0.15) is 24.7 Å². The molecule has 3 atom stereocenters. The number of likely N-dealkylation sites (N-methyl/N-ethyl adjacent to an activating group) is 1. The molecule has 2 aromatic rings. The summed E-state index contributed by atoms with van der Waals surface area (Å²) in [6.07, 6.45) is 0.902. The van der Waals surface area contributed by atoms with Crippen molar-refractivity contribution in [3.8, 4) is 5.75 Å². The Morgan fingerprint density at radius 1 is 1.31 bits per heavy atom. The first-order valence-corrected chi connectivity index (χ1v) is 11.8. The van der Waals surface area contributed by atoms with Crippen molar-refractivity contribution in [2.75, 3.05) is 32.1 Å². The van der Waals surface area contributed by atoms with Gasteiger partial charge >= 0.3 is 6.03 Å². The molecule has 0 saturated carbocycles. The maximum Gasteiger partial charge on any atom is 0.317 e. The molecule has 3 N–H and O–H groups in total. The molecule has 0 radical (unpaired) electrons. The first kappa shape index (κ1) is 26.9. The van der Waals surface area contributed by atoms with Gasteiger partial charge in [0.15, 0.2) is 0 Å². The van der Waals surface area contributed by atoms with E-state index in [1.807, 2.05) is 20.8 Å². The van der Waals surface area contributed by atoms with Gasteiger partial charge < -0.3 is 30.3 Å². The number of urea groups is 1. The van der Waals surface area contributed by atoms with Gasteiger partial charge in [-0.3, -0.25) is 9.59 Å².